The zero-order chi connectivity index (χ0) is 13.7. The molecule has 4 nitrogen and oxygen atoms in total. The summed E-state index contributed by atoms with van der Waals surface area (Å²) >= 11 is 5.92. The SMILES string of the molecule is CCCNCCNC(=O)C1Cc2cc(Cl)ccc2O1.Cl. The molecule has 0 radical (unpaired) electrons. The molecule has 0 spiro atoms. The first kappa shape index (κ1) is 17.1. The lowest BCUT2D eigenvalue weighted by Gasteiger charge is -2.11. The van der Waals surface area contributed by atoms with E-state index in [0.29, 0.717) is 18.0 Å². The summed E-state index contributed by atoms with van der Waals surface area (Å²) in [6, 6.07) is 5.44. The van der Waals surface area contributed by atoms with Crippen LogP contribution in [0.15, 0.2) is 18.2 Å². The van der Waals surface area contributed by atoms with E-state index in [1.165, 1.54) is 0 Å². The third-order valence-electron chi connectivity index (χ3n) is 3.02. The van der Waals surface area contributed by atoms with Gasteiger partial charge in [0.2, 0.25) is 0 Å². The molecule has 2 N–H and O–H groups in total. The zero-order valence-corrected chi connectivity index (χ0v) is 13.0. The first-order valence-corrected chi connectivity index (χ1v) is 7.02. The van der Waals surface area contributed by atoms with Crippen LogP contribution in [0.1, 0.15) is 18.9 Å². The average Bonchev–Trinajstić information content (AvgIpc) is 2.81. The van der Waals surface area contributed by atoms with Gasteiger partial charge in [0.25, 0.3) is 5.91 Å². The van der Waals surface area contributed by atoms with Crippen molar-refractivity contribution in [1.29, 1.82) is 0 Å². The highest BCUT2D eigenvalue weighted by Gasteiger charge is 2.28. The average molecular weight is 319 g/mol. The van der Waals surface area contributed by atoms with Crippen molar-refractivity contribution in [3.63, 3.8) is 0 Å². The predicted molar refractivity (Wildman–Crippen MR) is 83.0 cm³/mol. The smallest absolute Gasteiger partial charge is 0.261 e. The van der Waals surface area contributed by atoms with Gasteiger partial charge in [-0.05, 0) is 36.7 Å². The lowest BCUT2D eigenvalue weighted by Crippen LogP contribution is -2.40. The minimum atomic E-state index is -0.431. The summed E-state index contributed by atoms with van der Waals surface area (Å²) in [6.45, 7) is 4.49. The van der Waals surface area contributed by atoms with Crippen LogP contribution in [0.2, 0.25) is 5.02 Å². The number of hydrogen-bond donors (Lipinski definition) is 2. The third-order valence-corrected chi connectivity index (χ3v) is 3.25. The molecule has 1 heterocycles. The fraction of sp³-hybridized carbons (Fsp3) is 0.500. The Balaban J connectivity index is 0.00000200. The largest absolute Gasteiger partial charge is 0.480 e. The molecule has 112 valence electrons. The Hall–Kier alpha value is -0.970. The number of halogens is 2. The third kappa shape index (κ3) is 4.54. The molecule has 1 aliphatic heterocycles. The van der Waals surface area contributed by atoms with Gasteiger partial charge in [-0.25, -0.2) is 0 Å². The van der Waals surface area contributed by atoms with Crippen LogP contribution < -0.4 is 15.4 Å². The van der Waals surface area contributed by atoms with E-state index in [9.17, 15) is 4.79 Å². The highest BCUT2D eigenvalue weighted by atomic mass is 35.5. The second kappa shape index (κ2) is 8.35. The summed E-state index contributed by atoms with van der Waals surface area (Å²) in [5.74, 6) is 0.694. The molecule has 1 amide bonds. The molecule has 1 atom stereocenters. The Morgan fingerprint density at radius 2 is 2.20 bits per heavy atom. The number of carbonyl (C=O) groups excluding carboxylic acids is 1. The van der Waals surface area contributed by atoms with Crippen molar-refractivity contribution in [3.05, 3.63) is 28.8 Å². The molecular formula is C14H20Cl2N2O2. The number of carbonyl (C=O) groups is 1. The van der Waals surface area contributed by atoms with E-state index in [2.05, 4.69) is 17.6 Å². The zero-order valence-electron chi connectivity index (χ0n) is 11.4. The molecule has 2 rings (SSSR count). The number of nitrogens with one attached hydrogen (secondary N) is 2. The molecule has 1 aromatic rings. The highest BCUT2D eigenvalue weighted by Crippen LogP contribution is 2.30. The summed E-state index contributed by atoms with van der Waals surface area (Å²) in [6.07, 6.45) is 1.25. The maximum absolute atomic E-state index is 11.9. The van der Waals surface area contributed by atoms with Crippen molar-refractivity contribution in [2.75, 3.05) is 19.6 Å². The molecule has 0 fully saturated rings. The lowest BCUT2D eigenvalue weighted by molar-refractivity contribution is -0.127. The van der Waals surface area contributed by atoms with Crippen molar-refractivity contribution in [2.24, 2.45) is 0 Å². The van der Waals surface area contributed by atoms with Gasteiger partial charge in [-0.1, -0.05) is 18.5 Å². The predicted octanol–water partition coefficient (Wildman–Crippen LogP) is 2.18. The van der Waals surface area contributed by atoms with Gasteiger partial charge < -0.3 is 15.4 Å². The standard InChI is InChI=1S/C14H19ClN2O2.ClH/c1-2-5-16-6-7-17-14(18)13-9-10-8-11(15)3-4-12(10)19-13;/h3-4,8,13,16H,2,5-7,9H2,1H3,(H,17,18);1H. The van der Waals surface area contributed by atoms with E-state index in [1.807, 2.05) is 12.1 Å². The Bertz CT molecular complexity index is 455. The molecule has 0 saturated carbocycles. The van der Waals surface area contributed by atoms with Crippen LogP contribution in [-0.4, -0.2) is 31.6 Å². The second-order valence-corrected chi connectivity index (χ2v) is 5.04. The molecule has 0 aliphatic carbocycles. The Morgan fingerprint density at radius 1 is 1.40 bits per heavy atom. The molecule has 0 aromatic heterocycles. The number of fused-ring (bicyclic) bond motifs is 1. The Kier molecular flexibility index (Phi) is 7.13. The Morgan fingerprint density at radius 3 is 2.95 bits per heavy atom. The monoisotopic (exact) mass is 318 g/mol. The number of benzene rings is 1. The van der Waals surface area contributed by atoms with Crippen LogP contribution >= 0.6 is 24.0 Å². The first-order chi connectivity index (χ1) is 9.20. The van der Waals surface area contributed by atoms with Gasteiger partial charge >= 0.3 is 0 Å². The molecule has 20 heavy (non-hydrogen) atoms. The summed E-state index contributed by atoms with van der Waals surface area (Å²) < 4.78 is 5.61. The van der Waals surface area contributed by atoms with Gasteiger partial charge in [0, 0.05) is 24.5 Å². The quantitative estimate of drug-likeness (QED) is 0.790. The van der Waals surface area contributed by atoms with E-state index in [0.717, 1.165) is 30.8 Å². The number of amides is 1. The summed E-state index contributed by atoms with van der Waals surface area (Å²) in [4.78, 5) is 11.9. The molecular weight excluding hydrogens is 299 g/mol. The minimum absolute atomic E-state index is 0. The van der Waals surface area contributed by atoms with Gasteiger partial charge in [-0.2, -0.15) is 0 Å². The molecule has 1 aliphatic rings. The van der Waals surface area contributed by atoms with Crippen LogP contribution in [0.3, 0.4) is 0 Å². The maximum atomic E-state index is 11.9. The fourth-order valence-electron chi connectivity index (χ4n) is 2.05. The molecule has 0 saturated heterocycles. The van der Waals surface area contributed by atoms with Gasteiger partial charge in [0.15, 0.2) is 6.10 Å². The van der Waals surface area contributed by atoms with E-state index in [1.54, 1.807) is 6.07 Å². The topological polar surface area (TPSA) is 50.4 Å². The van der Waals surface area contributed by atoms with Crippen molar-refractivity contribution in [3.8, 4) is 5.75 Å². The lowest BCUT2D eigenvalue weighted by atomic mass is 10.1. The molecule has 0 bridgehead atoms. The van der Waals surface area contributed by atoms with Crippen LogP contribution in [0.5, 0.6) is 5.75 Å². The molecule has 6 heteroatoms. The minimum Gasteiger partial charge on any atom is -0.480 e. The van der Waals surface area contributed by atoms with Gasteiger partial charge in [0.1, 0.15) is 5.75 Å². The summed E-state index contributed by atoms with van der Waals surface area (Å²) in [5.41, 5.74) is 0.997. The van der Waals surface area contributed by atoms with Crippen LogP contribution in [0, 0.1) is 0 Å². The molecule has 1 aromatic carbocycles. The van der Waals surface area contributed by atoms with E-state index >= 15 is 0 Å². The fourth-order valence-corrected chi connectivity index (χ4v) is 2.25. The highest BCUT2D eigenvalue weighted by molar-refractivity contribution is 6.30. The van der Waals surface area contributed by atoms with E-state index in [4.69, 9.17) is 16.3 Å². The summed E-state index contributed by atoms with van der Waals surface area (Å²) in [5, 5.41) is 6.78. The van der Waals surface area contributed by atoms with Crippen molar-refractivity contribution in [2.45, 2.75) is 25.9 Å². The normalized spacial score (nSPS) is 16.0. The summed E-state index contributed by atoms with van der Waals surface area (Å²) in [7, 11) is 0. The van der Waals surface area contributed by atoms with Gasteiger partial charge in [-0.3, -0.25) is 4.79 Å². The van der Waals surface area contributed by atoms with E-state index < -0.39 is 6.10 Å². The molecule has 1 unspecified atom stereocenters. The number of hydrogen-bond acceptors (Lipinski definition) is 3. The first-order valence-electron chi connectivity index (χ1n) is 6.64. The van der Waals surface area contributed by atoms with Crippen LogP contribution in [-0.2, 0) is 11.2 Å². The van der Waals surface area contributed by atoms with Crippen molar-refractivity contribution in [1.82, 2.24) is 10.6 Å². The Labute approximate surface area is 130 Å². The number of rotatable bonds is 6. The van der Waals surface area contributed by atoms with Crippen LogP contribution in [0.4, 0.5) is 0 Å². The van der Waals surface area contributed by atoms with Crippen molar-refractivity contribution >= 4 is 29.9 Å². The van der Waals surface area contributed by atoms with Gasteiger partial charge in [-0.15, -0.1) is 12.4 Å². The maximum Gasteiger partial charge on any atom is 0.261 e. The van der Waals surface area contributed by atoms with Crippen molar-refractivity contribution < 1.29 is 9.53 Å². The second-order valence-electron chi connectivity index (χ2n) is 4.60. The van der Waals surface area contributed by atoms with Crippen LogP contribution in [0.25, 0.3) is 0 Å². The van der Waals surface area contributed by atoms with E-state index in [-0.39, 0.29) is 18.3 Å². The van der Waals surface area contributed by atoms with Gasteiger partial charge in [0.05, 0.1) is 0 Å². The number of ether oxygens (including phenoxy) is 1.